The maximum Gasteiger partial charge on any atom is 0.417 e. The van der Waals surface area contributed by atoms with Crippen LogP contribution >= 0.6 is 11.3 Å². The quantitative estimate of drug-likeness (QED) is 0.629. The first-order valence-electron chi connectivity index (χ1n) is 7.98. The van der Waals surface area contributed by atoms with Crippen molar-refractivity contribution in [2.45, 2.75) is 19.1 Å². The van der Waals surface area contributed by atoms with Crippen molar-refractivity contribution in [2.75, 3.05) is 0 Å². The third-order valence-electron chi connectivity index (χ3n) is 3.72. The second-order valence-corrected chi connectivity index (χ2v) is 6.70. The van der Waals surface area contributed by atoms with E-state index in [1.54, 1.807) is 35.6 Å². The average molecular weight is 392 g/mol. The van der Waals surface area contributed by atoms with Crippen molar-refractivity contribution in [1.82, 2.24) is 10.3 Å². The summed E-state index contributed by atoms with van der Waals surface area (Å²) in [6.45, 7) is 1.90. The molecule has 1 N–H and O–H groups in total. The molecular formula is C19H15F3N2O2S. The van der Waals surface area contributed by atoms with Gasteiger partial charge in [0, 0.05) is 22.7 Å². The highest BCUT2D eigenvalue weighted by molar-refractivity contribution is 7.10. The minimum Gasteiger partial charge on any atom is -0.439 e. The first-order valence-corrected chi connectivity index (χ1v) is 8.86. The standard InChI is InChI=1S/C19H15F3N2O2S/c1-12(16-3-2-10-27-16)24-18(25)13-4-7-15(8-5-13)26-17-9-6-14(11-23-17)19(20,21)22/h2-12H,1H3,(H,24,25). The molecule has 0 radical (unpaired) electrons. The maximum absolute atomic E-state index is 12.5. The normalized spacial score (nSPS) is 12.4. The van der Waals surface area contributed by atoms with Gasteiger partial charge in [-0.25, -0.2) is 4.98 Å². The first kappa shape index (κ1) is 18.9. The van der Waals surface area contributed by atoms with Crippen LogP contribution in [0.15, 0.2) is 60.1 Å². The molecule has 0 fully saturated rings. The molecule has 1 aromatic carbocycles. The lowest BCUT2D eigenvalue weighted by Gasteiger charge is -2.12. The van der Waals surface area contributed by atoms with Gasteiger partial charge < -0.3 is 10.1 Å². The van der Waals surface area contributed by atoms with E-state index in [1.165, 1.54) is 0 Å². The van der Waals surface area contributed by atoms with E-state index in [0.717, 1.165) is 17.0 Å². The van der Waals surface area contributed by atoms with Crippen LogP contribution in [-0.4, -0.2) is 10.9 Å². The minimum absolute atomic E-state index is 0.0338. The molecule has 2 heterocycles. The third-order valence-corrected chi connectivity index (χ3v) is 4.78. The van der Waals surface area contributed by atoms with Crippen molar-refractivity contribution in [3.8, 4) is 11.6 Å². The molecule has 8 heteroatoms. The predicted molar refractivity (Wildman–Crippen MR) is 96.0 cm³/mol. The summed E-state index contributed by atoms with van der Waals surface area (Å²) >= 11 is 1.56. The third kappa shape index (κ3) is 4.85. The van der Waals surface area contributed by atoms with Gasteiger partial charge in [0.2, 0.25) is 5.88 Å². The van der Waals surface area contributed by atoms with Gasteiger partial charge in [0.05, 0.1) is 11.6 Å². The summed E-state index contributed by atoms with van der Waals surface area (Å²) in [5, 5.41) is 4.84. The van der Waals surface area contributed by atoms with Crippen LogP contribution < -0.4 is 10.1 Å². The fourth-order valence-corrected chi connectivity index (χ4v) is 3.03. The molecule has 0 aliphatic carbocycles. The van der Waals surface area contributed by atoms with Crippen molar-refractivity contribution in [2.24, 2.45) is 0 Å². The number of alkyl halides is 3. The number of ether oxygens (including phenoxy) is 1. The smallest absolute Gasteiger partial charge is 0.417 e. The van der Waals surface area contributed by atoms with E-state index in [0.29, 0.717) is 17.5 Å². The van der Waals surface area contributed by atoms with Crippen LogP contribution in [0.25, 0.3) is 0 Å². The molecule has 3 aromatic rings. The fourth-order valence-electron chi connectivity index (χ4n) is 2.29. The van der Waals surface area contributed by atoms with Crippen LogP contribution in [0, 0.1) is 0 Å². The van der Waals surface area contributed by atoms with Crippen molar-refractivity contribution in [3.63, 3.8) is 0 Å². The molecule has 0 bridgehead atoms. The number of carbonyl (C=O) groups excluding carboxylic acids is 1. The predicted octanol–water partition coefficient (Wildman–Crippen LogP) is 5.45. The number of halogens is 3. The number of amides is 1. The Morgan fingerprint density at radius 2 is 1.89 bits per heavy atom. The summed E-state index contributed by atoms with van der Waals surface area (Å²) in [6, 6.07) is 12.1. The van der Waals surface area contributed by atoms with Gasteiger partial charge in [0.1, 0.15) is 5.75 Å². The van der Waals surface area contributed by atoms with Crippen LogP contribution in [0.2, 0.25) is 0 Å². The fraction of sp³-hybridized carbons (Fsp3) is 0.158. The summed E-state index contributed by atoms with van der Waals surface area (Å²) in [4.78, 5) is 17.0. The highest BCUT2D eigenvalue weighted by Crippen LogP contribution is 2.30. The number of carbonyl (C=O) groups is 1. The van der Waals surface area contributed by atoms with Gasteiger partial charge in [-0.2, -0.15) is 13.2 Å². The van der Waals surface area contributed by atoms with Crippen LogP contribution in [-0.2, 0) is 6.18 Å². The Morgan fingerprint density at radius 1 is 1.15 bits per heavy atom. The van der Waals surface area contributed by atoms with Gasteiger partial charge >= 0.3 is 6.18 Å². The lowest BCUT2D eigenvalue weighted by atomic mass is 10.2. The van der Waals surface area contributed by atoms with E-state index >= 15 is 0 Å². The Bertz CT molecular complexity index is 892. The summed E-state index contributed by atoms with van der Waals surface area (Å²) in [5.41, 5.74) is -0.395. The zero-order chi connectivity index (χ0) is 19.4. The second kappa shape index (κ2) is 7.79. The molecule has 0 saturated heterocycles. The molecule has 3 rings (SSSR count). The SMILES string of the molecule is CC(NC(=O)c1ccc(Oc2ccc(C(F)(F)F)cn2)cc1)c1cccs1. The van der Waals surface area contributed by atoms with Gasteiger partial charge in [0.15, 0.2) is 0 Å². The molecule has 0 saturated carbocycles. The maximum atomic E-state index is 12.5. The van der Waals surface area contributed by atoms with Crippen molar-refractivity contribution in [3.05, 3.63) is 76.1 Å². The molecule has 1 unspecified atom stereocenters. The Balaban J connectivity index is 1.62. The van der Waals surface area contributed by atoms with E-state index in [1.807, 2.05) is 24.4 Å². The molecular weight excluding hydrogens is 377 g/mol. The van der Waals surface area contributed by atoms with Crippen LogP contribution in [0.5, 0.6) is 11.6 Å². The average Bonchev–Trinajstić information content (AvgIpc) is 3.17. The number of aromatic nitrogens is 1. The first-order chi connectivity index (χ1) is 12.8. The Labute approximate surface area is 157 Å². The molecule has 0 aliphatic rings. The molecule has 4 nitrogen and oxygen atoms in total. The van der Waals surface area contributed by atoms with Gasteiger partial charge in [0.25, 0.3) is 5.91 Å². The lowest BCUT2D eigenvalue weighted by molar-refractivity contribution is -0.137. The summed E-state index contributed by atoms with van der Waals surface area (Å²) in [7, 11) is 0. The zero-order valence-corrected chi connectivity index (χ0v) is 15.0. The Kier molecular flexibility index (Phi) is 5.46. The van der Waals surface area contributed by atoms with Gasteiger partial charge in [-0.05, 0) is 48.7 Å². The monoisotopic (exact) mass is 392 g/mol. The molecule has 1 atom stereocenters. The zero-order valence-electron chi connectivity index (χ0n) is 14.2. The number of nitrogens with one attached hydrogen (secondary N) is 1. The number of nitrogens with zero attached hydrogens (tertiary/aromatic N) is 1. The number of hydrogen-bond acceptors (Lipinski definition) is 4. The highest BCUT2D eigenvalue weighted by atomic mass is 32.1. The lowest BCUT2D eigenvalue weighted by Crippen LogP contribution is -2.25. The highest BCUT2D eigenvalue weighted by Gasteiger charge is 2.30. The van der Waals surface area contributed by atoms with Crippen molar-refractivity contribution < 1.29 is 22.7 Å². The molecule has 140 valence electrons. The van der Waals surface area contributed by atoms with Crippen molar-refractivity contribution >= 4 is 17.2 Å². The van der Waals surface area contributed by atoms with E-state index in [2.05, 4.69) is 10.3 Å². The Morgan fingerprint density at radius 3 is 2.44 bits per heavy atom. The number of pyridine rings is 1. The summed E-state index contributed by atoms with van der Waals surface area (Å²) in [5.74, 6) is 0.173. The van der Waals surface area contributed by atoms with E-state index in [9.17, 15) is 18.0 Å². The molecule has 2 aromatic heterocycles. The molecule has 27 heavy (non-hydrogen) atoms. The number of thiophene rings is 1. The van der Waals surface area contributed by atoms with Gasteiger partial charge in [-0.15, -0.1) is 11.3 Å². The summed E-state index contributed by atoms with van der Waals surface area (Å²) in [6.07, 6.45) is -3.73. The number of hydrogen-bond donors (Lipinski definition) is 1. The van der Waals surface area contributed by atoms with Crippen LogP contribution in [0.1, 0.15) is 33.8 Å². The topological polar surface area (TPSA) is 51.2 Å². The largest absolute Gasteiger partial charge is 0.439 e. The van der Waals surface area contributed by atoms with E-state index in [4.69, 9.17) is 4.74 Å². The molecule has 1 amide bonds. The van der Waals surface area contributed by atoms with Gasteiger partial charge in [-0.1, -0.05) is 6.07 Å². The van der Waals surface area contributed by atoms with E-state index in [-0.39, 0.29) is 17.8 Å². The Hall–Kier alpha value is -2.87. The van der Waals surface area contributed by atoms with Gasteiger partial charge in [-0.3, -0.25) is 4.79 Å². The second-order valence-electron chi connectivity index (χ2n) is 5.72. The van der Waals surface area contributed by atoms with E-state index < -0.39 is 11.7 Å². The number of rotatable bonds is 5. The molecule has 0 aliphatic heterocycles. The molecule has 0 spiro atoms. The summed E-state index contributed by atoms with van der Waals surface area (Å²) < 4.78 is 43.0. The van der Waals surface area contributed by atoms with Crippen LogP contribution in [0.3, 0.4) is 0 Å². The van der Waals surface area contributed by atoms with Crippen LogP contribution in [0.4, 0.5) is 13.2 Å². The minimum atomic E-state index is -4.44. The number of benzene rings is 1. The van der Waals surface area contributed by atoms with Crippen molar-refractivity contribution in [1.29, 1.82) is 0 Å².